The van der Waals surface area contributed by atoms with Crippen molar-refractivity contribution < 1.29 is 14.6 Å². The average Bonchev–Trinajstić information content (AvgIpc) is 3.14. The molecule has 30 heavy (non-hydrogen) atoms. The minimum atomic E-state index is -0.511. The quantitative estimate of drug-likeness (QED) is 0.696. The average molecular weight is 408 g/mol. The van der Waals surface area contributed by atoms with Crippen LogP contribution in [0.4, 0.5) is 10.7 Å². The number of pyridine rings is 2. The summed E-state index contributed by atoms with van der Waals surface area (Å²) in [7, 11) is 0. The number of fused-ring (bicyclic) bond motifs is 3. The van der Waals surface area contributed by atoms with Crippen molar-refractivity contribution in [2.75, 3.05) is 18.0 Å². The van der Waals surface area contributed by atoms with Crippen LogP contribution in [0.5, 0.6) is 5.75 Å². The molecule has 3 aliphatic rings. The third kappa shape index (κ3) is 3.10. The first-order chi connectivity index (χ1) is 14.3. The predicted molar refractivity (Wildman–Crippen MR) is 110 cm³/mol. The number of ether oxygens (including phenoxy) is 1. The highest BCUT2D eigenvalue weighted by atomic mass is 16.6. The first-order valence-electron chi connectivity index (χ1n) is 10.1. The van der Waals surface area contributed by atoms with Crippen LogP contribution in [0, 0.1) is 0 Å². The Morgan fingerprint density at radius 3 is 2.60 bits per heavy atom. The number of rotatable bonds is 2. The standard InChI is InChI=1S/C21H24N6O3/c1-21(2,3)30-20(29)26-13-10-14(26)12-25(11-13)19-23-18-17(28)8-7-16(27(18)24-19)15-6-4-5-9-22-15/h4-9,13-14,28H,10-12H2,1-3H3. The van der Waals surface area contributed by atoms with E-state index in [1.807, 2.05) is 43.9 Å². The molecule has 9 heteroatoms. The molecule has 3 aliphatic heterocycles. The molecule has 156 valence electrons. The lowest BCUT2D eigenvalue weighted by Crippen LogP contribution is -2.70. The SMILES string of the molecule is CC(C)(C)OC(=O)N1C2CC1CN(c1nc3c(O)ccc(-c4ccccn4)n3n1)C2. The molecule has 6 heterocycles. The molecule has 1 amide bonds. The van der Waals surface area contributed by atoms with Gasteiger partial charge in [0.15, 0.2) is 11.4 Å². The van der Waals surface area contributed by atoms with Gasteiger partial charge in [0.1, 0.15) is 5.60 Å². The normalized spacial score (nSPS) is 20.9. The second-order valence-corrected chi connectivity index (χ2v) is 8.80. The number of nitrogens with zero attached hydrogens (tertiary/aromatic N) is 6. The number of hydrogen-bond acceptors (Lipinski definition) is 7. The molecule has 0 aliphatic carbocycles. The molecular weight excluding hydrogens is 384 g/mol. The number of anilines is 1. The smallest absolute Gasteiger partial charge is 0.410 e. The number of amides is 1. The molecule has 3 aromatic rings. The van der Waals surface area contributed by atoms with E-state index in [1.54, 1.807) is 22.8 Å². The van der Waals surface area contributed by atoms with Crippen LogP contribution in [0.2, 0.25) is 0 Å². The minimum Gasteiger partial charge on any atom is -0.504 e. The van der Waals surface area contributed by atoms with Crippen molar-refractivity contribution in [3.63, 3.8) is 0 Å². The van der Waals surface area contributed by atoms with Crippen molar-refractivity contribution in [1.29, 1.82) is 0 Å². The molecule has 2 unspecified atom stereocenters. The van der Waals surface area contributed by atoms with Crippen molar-refractivity contribution in [1.82, 2.24) is 24.5 Å². The van der Waals surface area contributed by atoms with E-state index in [0.29, 0.717) is 24.7 Å². The van der Waals surface area contributed by atoms with Crippen LogP contribution in [0.3, 0.4) is 0 Å². The van der Waals surface area contributed by atoms with Crippen molar-refractivity contribution in [2.24, 2.45) is 0 Å². The second kappa shape index (κ2) is 6.58. The lowest BCUT2D eigenvalue weighted by atomic mass is 9.88. The lowest BCUT2D eigenvalue weighted by molar-refractivity contribution is -0.0381. The van der Waals surface area contributed by atoms with Crippen molar-refractivity contribution >= 4 is 17.7 Å². The van der Waals surface area contributed by atoms with Gasteiger partial charge in [0.25, 0.3) is 0 Å². The van der Waals surface area contributed by atoms with Gasteiger partial charge in [-0.2, -0.15) is 4.98 Å². The lowest BCUT2D eigenvalue weighted by Gasteiger charge is -2.55. The van der Waals surface area contributed by atoms with Gasteiger partial charge < -0.3 is 14.7 Å². The third-order valence-electron chi connectivity index (χ3n) is 5.46. The monoisotopic (exact) mass is 408 g/mol. The van der Waals surface area contributed by atoms with Crippen LogP contribution < -0.4 is 4.90 Å². The second-order valence-electron chi connectivity index (χ2n) is 8.80. The van der Waals surface area contributed by atoms with Crippen molar-refractivity contribution in [2.45, 2.75) is 44.9 Å². The van der Waals surface area contributed by atoms with E-state index in [-0.39, 0.29) is 23.9 Å². The number of aromatic nitrogens is 4. The number of carbonyl (C=O) groups is 1. The van der Waals surface area contributed by atoms with Gasteiger partial charge in [-0.1, -0.05) is 6.07 Å². The fourth-order valence-corrected chi connectivity index (χ4v) is 4.17. The highest BCUT2D eigenvalue weighted by molar-refractivity contribution is 5.71. The van der Waals surface area contributed by atoms with E-state index in [4.69, 9.17) is 4.74 Å². The van der Waals surface area contributed by atoms with Crippen LogP contribution in [0.15, 0.2) is 36.5 Å². The van der Waals surface area contributed by atoms with Crippen LogP contribution in [-0.2, 0) is 4.74 Å². The zero-order valence-electron chi connectivity index (χ0n) is 17.2. The van der Waals surface area contributed by atoms with Crippen LogP contribution in [-0.4, -0.2) is 66.5 Å². The Balaban J connectivity index is 1.41. The van der Waals surface area contributed by atoms with Gasteiger partial charge in [0.2, 0.25) is 5.95 Å². The molecule has 6 rings (SSSR count). The van der Waals surface area contributed by atoms with Crippen molar-refractivity contribution in [3.8, 4) is 17.1 Å². The molecule has 2 atom stereocenters. The Morgan fingerprint density at radius 2 is 1.93 bits per heavy atom. The van der Waals surface area contributed by atoms with Crippen LogP contribution >= 0.6 is 0 Å². The Kier molecular flexibility index (Phi) is 4.09. The summed E-state index contributed by atoms with van der Waals surface area (Å²) in [5, 5.41) is 15.0. The molecule has 9 nitrogen and oxygen atoms in total. The highest BCUT2D eigenvalue weighted by Gasteiger charge is 2.49. The summed E-state index contributed by atoms with van der Waals surface area (Å²) in [6, 6.07) is 9.19. The van der Waals surface area contributed by atoms with Gasteiger partial charge in [-0.3, -0.25) is 9.88 Å². The summed E-state index contributed by atoms with van der Waals surface area (Å²) in [6.07, 6.45) is 2.41. The molecule has 0 saturated carbocycles. The predicted octanol–water partition coefficient (Wildman–Crippen LogP) is 2.69. The zero-order chi connectivity index (χ0) is 21.0. The molecule has 3 saturated heterocycles. The fourth-order valence-electron chi connectivity index (χ4n) is 4.17. The Morgan fingerprint density at radius 1 is 1.17 bits per heavy atom. The summed E-state index contributed by atoms with van der Waals surface area (Å²) in [5.41, 5.74) is 1.37. The van der Waals surface area contributed by atoms with E-state index in [2.05, 4.69) is 20.0 Å². The number of hydrogen-bond donors (Lipinski definition) is 1. The fraction of sp³-hybridized carbons (Fsp3) is 0.429. The molecular formula is C21H24N6O3. The number of aromatic hydroxyl groups is 1. The summed E-state index contributed by atoms with van der Waals surface area (Å²) in [5.74, 6) is 0.596. The minimum absolute atomic E-state index is 0.0611. The number of carbonyl (C=O) groups excluding carboxylic acids is 1. The van der Waals surface area contributed by atoms with Gasteiger partial charge in [-0.15, -0.1) is 5.10 Å². The summed E-state index contributed by atoms with van der Waals surface area (Å²) >= 11 is 0. The maximum Gasteiger partial charge on any atom is 0.410 e. The first-order valence-corrected chi connectivity index (χ1v) is 10.1. The van der Waals surface area contributed by atoms with Gasteiger partial charge >= 0.3 is 6.09 Å². The van der Waals surface area contributed by atoms with Crippen LogP contribution in [0.25, 0.3) is 17.0 Å². The molecule has 0 aromatic carbocycles. The highest BCUT2D eigenvalue weighted by Crippen LogP contribution is 2.36. The van der Waals surface area contributed by atoms with Gasteiger partial charge in [0.05, 0.1) is 23.5 Å². The van der Waals surface area contributed by atoms with Crippen molar-refractivity contribution in [3.05, 3.63) is 36.5 Å². The first kappa shape index (κ1) is 18.7. The molecule has 0 spiro atoms. The van der Waals surface area contributed by atoms with E-state index in [9.17, 15) is 9.90 Å². The summed E-state index contributed by atoms with van der Waals surface area (Å²) in [4.78, 5) is 25.3. The van der Waals surface area contributed by atoms with E-state index in [0.717, 1.165) is 17.8 Å². The molecule has 1 N–H and O–H groups in total. The Labute approximate surface area is 173 Å². The topological polar surface area (TPSA) is 96.1 Å². The molecule has 3 aromatic heterocycles. The zero-order valence-corrected chi connectivity index (χ0v) is 17.2. The molecule has 0 radical (unpaired) electrons. The van der Waals surface area contributed by atoms with E-state index >= 15 is 0 Å². The van der Waals surface area contributed by atoms with Gasteiger partial charge in [0, 0.05) is 19.3 Å². The largest absolute Gasteiger partial charge is 0.504 e. The molecule has 2 bridgehead atoms. The number of piperidine rings is 1. The van der Waals surface area contributed by atoms with Crippen LogP contribution in [0.1, 0.15) is 27.2 Å². The van der Waals surface area contributed by atoms with E-state index in [1.165, 1.54) is 0 Å². The summed E-state index contributed by atoms with van der Waals surface area (Å²) in [6.45, 7) is 6.88. The Hall–Kier alpha value is -3.36. The maximum absolute atomic E-state index is 12.5. The third-order valence-corrected chi connectivity index (χ3v) is 5.46. The number of piperazine rings is 1. The van der Waals surface area contributed by atoms with Gasteiger partial charge in [-0.25, -0.2) is 9.31 Å². The summed E-state index contributed by atoms with van der Waals surface area (Å²) < 4.78 is 7.16. The maximum atomic E-state index is 12.5. The van der Waals surface area contributed by atoms with E-state index < -0.39 is 5.60 Å². The Bertz CT molecular complexity index is 1100. The van der Waals surface area contributed by atoms with Gasteiger partial charge in [-0.05, 0) is 51.5 Å². The molecule has 3 fully saturated rings.